The molecule has 22 heavy (non-hydrogen) atoms. The number of thioether (sulfide) groups is 1. The van der Waals surface area contributed by atoms with Gasteiger partial charge in [-0.3, -0.25) is 14.6 Å². The number of benzene rings is 1. The molecule has 110 valence electrons. The van der Waals surface area contributed by atoms with Crippen LogP contribution in [-0.2, 0) is 4.79 Å². The molecule has 7 heteroatoms. The van der Waals surface area contributed by atoms with E-state index in [0.29, 0.717) is 15.6 Å². The summed E-state index contributed by atoms with van der Waals surface area (Å²) >= 11 is 12.8. The average Bonchev–Trinajstić information content (AvgIpc) is 2.75. The topological polar surface area (TPSA) is 50.3 Å². The molecule has 0 radical (unpaired) electrons. The molecule has 3 rings (SSSR count). The van der Waals surface area contributed by atoms with E-state index >= 15 is 0 Å². The van der Waals surface area contributed by atoms with Crippen LogP contribution in [0.25, 0.3) is 6.08 Å². The predicted molar refractivity (Wildman–Crippen MR) is 89.1 cm³/mol. The Morgan fingerprint density at radius 2 is 2.00 bits per heavy atom. The smallest absolute Gasteiger partial charge is 0.268 e. The number of pyridine rings is 1. The molecular formula is C15H8Cl2N2O2S. The van der Waals surface area contributed by atoms with E-state index in [9.17, 15) is 9.59 Å². The first-order valence-corrected chi connectivity index (χ1v) is 7.76. The number of anilines is 1. The predicted octanol–water partition coefficient (Wildman–Crippen LogP) is 4.63. The first kappa shape index (κ1) is 15.1. The largest absolute Gasteiger partial charge is 0.298 e. The van der Waals surface area contributed by atoms with Crippen molar-refractivity contribution in [1.29, 1.82) is 0 Å². The second kappa shape index (κ2) is 6.12. The Balaban J connectivity index is 1.97. The lowest BCUT2D eigenvalue weighted by Crippen LogP contribution is -2.27. The van der Waals surface area contributed by atoms with Crippen molar-refractivity contribution in [2.75, 3.05) is 4.90 Å². The summed E-state index contributed by atoms with van der Waals surface area (Å²) in [6.45, 7) is 0. The number of carbonyl (C=O) groups excluding carboxylic acids is 2. The fourth-order valence-corrected chi connectivity index (χ4v) is 3.28. The van der Waals surface area contributed by atoms with Crippen molar-refractivity contribution in [3.63, 3.8) is 0 Å². The molecule has 0 saturated carbocycles. The molecule has 2 heterocycles. The molecule has 4 nitrogen and oxygen atoms in total. The lowest BCUT2D eigenvalue weighted by Gasteiger charge is -2.14. The summed E-state index contributed by atoms with van der Waals surface area (Å²) in [4.78, 5) is 29.9. The van der Waals surface area contributed by atoms with E-state index < -0.39 is 11.1 Å². The van der Waals surface area contributed by atoms with Gasteiger partial charge in [-0.1, -0.05) is 29.3 Å². The number of carbonyl (C=O) groups is 2. The maximum absolute atomic E-state index is 12.5. The minimum atomic E-state index is -0.414. The molecule has 0 atom stereocenters. The van der Waals surface area contributed by atoms with Crippen molar-refractivity contribution in [3.8, 4) is 0 Å². The Morgan fingerprint density at radius 1 is 1.18 bits per heavy atom. The molecule has 0 unspecified atom stereocenters. The number of nitrogens with zero attached hydrogens (tertiary/aromatic N) is 2. The van der Waals surface area contributed by atoms with Crippen molar-refractivity contribution < 1.29 is 9.59 Å². The van der Waals surface area contributed by atoms with Gasteiger partial charge in [-0.15, -0.1) is 0 Å². The van der Waals surface area contributed by atoms with Crippen molar-refractivity contribution in [2.24, 2.45) is 0 Å². The Bertz CT molecular complexity index is 793. The van der Waals surface area contributed by atoms with E-state index in [1.165, 1.54) is 6.07 Å². The summed E-state index contributed by atoms with van der Waals surface area (Å²) in [7, 11) is 0. The lowest BCUT2D eigenvalue weighted by atomic mass is 10.2. The Morgan fingerprint density at radius 3 is 2.68 bits per heavy atom. The number of hydrogen-bond acceptors (Lipinski definition) is 4. The van der Waals surface area contributed by atoms with E-state index in [1.54, 1.807) is 42.7 Å². The normalized spacial score (nSPS) is 16.6. The molecule has 0 spiro atoms. The first-order valence-electron chi connectivity index (χ1n) is 6.19. The molecule has 1 aliphatic rings. The Hall–Kier alpha value is -1.82. The van der Waals surface area contributed by atoms with Crippen molar-refractivity contribution in [1.82, 2.24) is 4.98 Å². The third kappa shape index (κ3) is 2.88. The SMILES string of the molecule is O=C1S/C(=C\c2cccnc2)C(=O)N1c1ccc(Cl)cc1Cl. The summed E-state index contributed by atoms with van der Waals surface area (Å²) in [5, 5.41) is 0.286. The summed E-state index contributed by atoms with van der Waals surface area (Å²) in [6.07, 6.45) is 4.88. The van der Waals surface area contributed by atoms with E-state index in [-0.39, 0.29) is 5.02 Å². The van der Waals surface area contributed by atoms with Gasteiger partial charge < -0.3 is 0 Å². The van der Waals surface area contributed by atoms with Gasteiger partial charge in [0.25, 0.3) is 11.1 Å². The number of halogens is 2. The van der Waals surface area contributed by atoms with Gasteiger partial charge in [0.05, 0.1) is 15.6 Å². The van der Waals surface area contributed by atoms with Crippen LogP contribution in [0, 0.1) is 0 Å². The molecular weight excluding hydrogens is 343 g/mol. The minimum Gasteiger partial charge on any atom is -0.268 e. The molecule has 1 aromatic heterocycles. The van der Waals surface area contributed by atoms with Gasteiger partial charge in [-0.05, 0) is 47.7 Å². The minimum absolute atomic E-state index is 0.248. The van der Waals surface area contributed by atoms with Crippen LogP contribution in [0.4, 0.5) is 10.5 Å². The second-order valence-electron chi connectivity index (χ2n) is 4.40. The fourth-order valence-electron chi connectivity index (χ4n) is 1.95. The summed E-state index contributed by atoms with van der Waals surface area (Å²) in [5.74, 6) is -0.414. The third-order valence-electron chi connectivity index (χ3n) is 2.93. The summed E-state index contributed by atoms with van der Waals surface area (Å²) in [6, 6.07) is 8.18. The summed E-state index contributed by atoms with van der Waals surface area (Å²) in [5.41, 5.74) is 1.07. The summed E-state index contributed by atoms with van der Waals surface area (Å²) < 4.78 is 0. The van der Waals surface area contributed by atoms with Gasteiger partial charge in [0.2, 0.25) is 0 Å². The zero-order chi connectivity index (χ0) is 15.7. The number of aromatic nitrogens is 1. The molecule has 1 saturated heterocycles. The van der Waals surface area contributed by atoms with Gasteiger partial charge in [-0.2, -0.15) is 0 Å². The van der Waals surface area contributed by atoms with Crippen LogP contribution in [0.1, 0.15) is 5.56 Å². The number of amides is 2. The third-order valence-corrected chi connectivity index (χ3v) is 4.33. The van der Waals surface area contributed by atoms with Crippen LogP contribution in [0.5, 0.6) is 0 Å². The van der Waals surface area contributed by atoms with Gasteiger partial charge in [0.15, 0.2) is 0 Å². The highest BCUT2D eigenvalue weighted by molar-refractivity contribution is 8.19. The molecule has 1 fully saturated rings. The monoisotopic (exact) mass is 350 g/mol. The molecule has 2 aromatic rings. The van der Waals surface area contributed by atoms with Gasteiger partial charge in [0.1, 0.15) is 0 Å². The zero-order valence-electron chi connectivity index (χ0n) is 11.0. The molecule has 0 aliphatic carbocycles. The van der Waals surface area contributed by atoms with Crippen molar-refractivity contribution in [3.05, 3.63) is 63.2 Å². The highest BCUT2D eigenvalue weighted by Crippen LogP contribution is 2.39. The van der Waals surface area contributed by atoms with Crippen LogP contribution in [0.3, 0.4) is 0 Å². The van der Waals surface area contributed by atoms with Crippen molar-refractivity contribution in [2.45, 2.75) is 0 Å². The highest BCUT2D eigenvalue weighted by Gasteiger charge is 2.37. The molecule has 1 aliphatic heterocycles. The number of imide groups is 1. The molecule has 0 N–H and O–H groups in total. The van der Waals surface area contributed by atoms with Gasteiger partial charge in [0, 0.05) is 17.4 Å². The number of rotatable bonds is 2. The molecule has 2 amide bonds. The first-order chi connectivity index (χ1) is 10.6. The van der Waals surface area contributed by atoms with Crippen LogP contribution in [0.15, 0.2) is 47.6 Å². The standard InChI is InChI=1S/C15H8Cl2N2O2S/c16-10-3-4-12(11(17)7-10)19-14(20)13(22-15(19)21)6-9-2-1-5-18-8-9/h1-8H/b13-6-. The van der Waals surface area contributed by atoms with E-state index in [2.05, 4.69) is 4.98 Å². The average molecular weight is 351 g/mol. The Kier molecular flexibility index (Phi) is 4.20. The fraction of sp³-hybridized carbons (Fsp3) is 0. The molecule has 0 bridgehead atoms. The molecule has 1 aromatic carbocycles. The zero-order valence-corrected chi connectivity index (χ0v) is 13.3. The van der Waals surface area contributed by atoms with Crippen molar-refractivity contribution >= 4 is 57.9 Å². The maximum atomic E-state index is 12.5. The van der Waals surface area contributed by atoms with Crippen LogP contribution in [0.2, 0.25) is 10.0 Å². The van der Waals surface area contributed by atoms with E-state index in [1.807, 2.05) is 0 Å². The highest BCUT2D eigenvalue weighted by atomic mass is 35.5. The quantitative estimate of drug-likeness (QED) is 0.741. The van der Waals surface area contributed by atoms with Crippen LogP contribution < -0.4 is 4.90 Å². The Labute approximate surface area is 140 Å². The van der Waals surface area contributed by atoms with Gasteiger partial charge >= 0.3 is 0 Å². The van der Waals surface area contributed by atoms with E-state index in [4.69, 9.17) is 23.2 Å². The van der Waals surface area contributed by atoms with E-state index in [0.717, 1.165) is 22.2 Å². The van der Waals surface area contributed by atoms with Crippen LogP contribution in [-0.4, -0.2) is 16.1 Å². The number of hydrogen-bond donors (Lipinski definition) is 0. The van der Waals surface area contributed by atoms with Gasteiger partial charge in [-0.25, -0.2) is 4.90 Å². The lowest BCUT2D eigenvalue weighted by molar-refractivity contribution is -0.113. The second-order valence-corrected chi connectivity index (χ2v) is 6.24. The van der Waals surface area contributed by atoms with Crippen LogP contribution >= 0.6 is 35.0 Å². The maximum Gasteiger partial charge on any atom is 0.298 e.